The van der Waals surface area contributed by atoms with Crippen LogP contribution in [0.15, 0.2) is 60.7 Å². The fraction of sp³-hybridized carbons (Fsp3) is 0.394. The molecule has 304 valence electrons. The van der Waals surface area contributed by atoms with Crippen LogP contribution in [0.25, 0.3) is 12.2 Å². The third kappa shape index (κ3) is 41.0. The van der Waals surface area contributed by atoms with Crippen molar-refractivity contribution in [2.24, 2.45) is 11.5 Å². The van der Waals surface area contributed by atoms with Crippen molar-refractivity contribution in [3.05, 3.63) is 71.8 Å². The summed E-state index contributed by atoms with van der Waals surface area (Å²) in [5.74, 6) is -1.17. The normalized spacial score (nSPS) is 12.9. The van der Waals surface area contributed by atoms with E-state index in [1.807, 2.05) is 86.7 Å². The van der Waals surface area contributed by atoms with E-state index >= 15 is 0 Å². The number of hydrogen-bond acceptors (Lipinski definition) is 8. The van der Waals surface area contributed by atoms with Crippen LogP contribution in [0.2, 0.25) is 0 Å². The van der Waals surface area contributed by atoms with E-state index < -0.39 is 31.2 Å². The molecule has 0 unspecified atom stereocenters. The molecule has 12 nitrogen and oxygen atoms in total. The van der Waals surface area contributed by atoms with Crippen molar-refractivity contribution in [3.63, 3.8) is 0 Å². The summed E-state index contributed by atoms with van der Waals surface area (Å²) in [5, 5.41) is 13.0. The van der Waals surface area contributed by atoms with Crippen LogP contribution in [0.5, 0.6) is 0 Å². The predicted octanol–water partition coefficient (Wildman–Crippen LogP) is 5.32. The average Bonchev–Trinajstić information content (AvgIpc) is 3.45. The number of amides is 2. The number of carbonyl (C=O) groups is 4. The number of carbonyl (C=O) groups excluding carboxylic acids is 3. The van der Waals surface area contributed by atoms with E-state index in [4.69, 9.17) is 90.1 Å². The third-order valence-corrected chi connectivity index (χ3v) is 5.61. The zero-order chi connectivity index (χ0) is 41.6. The van der Waals surface area contributed by atoms with Crippen molar-refractivity contribution in [1.29, 1.82) is 0 Å². The number of halogens is 7. The summed E-state index contributed by atoms with van der Waals surface area (Å²) in [6.07, 6.45) is 7.72. The molecule has 1 aliphatic heterocycles. The molecule has 0 spiro atoms. The number of hydrogen-bond donors (Lipinski definition) is 7. The minimum absolute atomic E-state index is 0. The molecule has 20 heteroatoms. The van der Waals surface area contributed by atoms with Gasteiger partial charge >= 0.3 is 71.6 Å². The maximum absolute atomic E-state index is 11.6. The van der Waals surface area contributed by atoms with E-state index in [0.29, 0.717) is 13.2 Å². The molecular weight excluding hydrogens is 856 g/mol. The van der Waals surface area contributed by atoms with Crippen LogP contribution in [-0.2, 0) is 19.1 Å². The number of carboxylic acids is 1. The Hall–Kier alpha value is -2.06. The number of allylic oxidation sites excluding steroid dienone is 2. The van der Waals surface area contributed by atoms with Gasteiger partial charge in [-0.1, -0.05) is 48.6 Å². The number of aliphatic carboxylic acids is 1. The van der Waals surface area contributed by atoms with Gasteiger partial charge < -0.3 is 55.8 Å². The number of ether oxygens (including phenoxy) is 1. The van der Waals surface area contributed by atoms with E-state index in [9.17, 15) is 19.2 Å². The van der Waals surface area contributed by atoms with Gasteiger partial charge in [0.25, 0.3) is 5.24 Å². The van der Waals surface area contributed by atoms with Gasteiger partial charge in [0.1, 0.15) is 12.1 Å². The largest absolute Gasteiger partial charge is 1.00 e. The van der Waals surface area contributed by atoms with Crippen LogP contribution in [0.3, 0.4) is 0 Å². The molecule has 2 amide bonds. The van der Waals surface area contributed by atoms with E-state index in [1.165, 1.54) is 19.4 Å². The average molecular weight is 908 g/mol. The van der Waals surface area contributed by atoms with Crippen molar-refractivity contribution >= 4 is 118 Å². The number of nitrogens with one attached hydrogen (secondary N) is 2. The molecule has 0 atom stereocenters. The molecule has 1 aliphatic rings. The number of quaternary nitrogens is 1. The summed E-state index contributed by atoms with van der Waals surface area (Å²) in [4.78, 5) is 41.6. The molecular formula is C33H52Cl7N6O6P. The maximum atomic E-state index is 11.6. The number of carboxylic acid groups (broad SMARTS) is 1. The second-order valence-electron chi connectivity index (χ2n) is 12.4. The first-order valence-corrected chi connectivity index (χ1v) is 22.3. The summed E-state index contributed by atoms with van der Waals surface area (Å²) < 4.78 is 0.714. The SMILES string of the molecule is C/C=C/c1ccc(N)cc1.C/C=C/c1ccc(NC(=O)C(C)(C)N)cc1.CC(C)(N)C(=O)O.CC(C)([NH3+])C(=O)Cl.ClP(Cl)(Cl)(Cl)Cl.O=C1NCCO1.[Cl-]. The van der Waals surface area contributed by atoms with Crippen LogP contribution >= 0.6 is 71.2 Å². The first kappa shape index (κ1) is 57.7. The summed E-state index contributed by atoms with van der Waals surface area (Å²) >= 11 is 29.9. The first-order valence-electron chi connectivity index (χ1n) is 15.2. The van der Waals surface area contributed by atoms with Gasteiger partial charge in [0.05, 0.1) is 12.1 Å². The number of alkyl carbamates (subject to hydrolysis) is 1. The van der Waals surface area contributed by atoms with Gasteiger partial charge in [0.2, 0.25) is 5.91 Å². The molecule has 2 aromatic carbocycles. The Kier molecular flexibility index (Phi) is 29.0. The number of cyclic esters (lactones) is 1. The van der Waals surface area contributed by atoms with Crippen LogP contribution in [-0.4, -0.2) is 58.1 Å². The number of benzene rings is 2. The Morgan fingerprint density at radius 2 is 1.19 bits per heavy atom. The van der Waals surface area contributed by atoms with Crippen molar-refractivity contribution in [3.8, 4) is 0 Å². The first-order chi connectivity index (χ1) is 23.3. The fourth-order valence-electron chi connectivity index (χ4n) is 2.31. The molecule has 53 heavy (non-hydrogen) atoms. The zero-order valence-electron chi connectivity index (χ0n) is 30.9. The Morgan fingerprint density at radius 1 is 0.849 bits per heavy atom. The van der Waals surface area contributed by atoms with E-state index in [1.54, 1.807) is 27.7 Å². The van der Waals surface area contributed by atoms with Crippen LogP contribution in [0.1, 0.15) is 66.5 Å². The molecule has 12 N–H and O–H groups in total. The number of anilines is 2. The number of rotatable bonds is 6. The van der Waals surface area contributed by atoms with E-state index in [2.05, 4.69) is 21.1 Å². The van der Waals surface area contributed by atoms with Gasteiger partial charge in [-0.15, -0.1) is 0 Å². The minimum atomic E-state index is -3.69. The van der Waals surface area contributed by atoms with Crippen molar-refractivity contribution in [2.75, 3.05) is 24.2 Å². The second-order valence-corrected chi connectivity index (χ2v) is 29.3. The molecule has 0 bridgehead atoms. The summed E-state index contributed by atoms with van der Waals surface area (Å²) in [6, 6.07) is 15.4. The van der Waals surface area contributed by atoms with Gasteiger partial charge in [-0.25, -0.2) is 4.79 Å². The van der Waals surface area contributed by atoms with E-state index in [-0.39, 0.29) is 24.4 Å². The maximum Gasteiger partial charge on any atom is 0.407 e. The third-order valence-electron chi connectivity index (χ3n) is 5.10. The predicted molar refractivity (Wildman–Crippen MR) is 223 cm³/mol. The van der Waals surface area contributed by atoms with E-state index in [0.717, 1.165) is 16.9 Å². The Bertz CT molecular complexity index is 1400. The molecule has 0 aliphatic carbocycles. The van der Waals surface area contributed by atoms with Crippen LogP contribution in [0, 0.1) is 0 Å². The number of nitrogen functional groups attached to an aromatic ring is 1. The fourth-order valence-corrected chi connectivity index (χ4v) is 2.31. The van der Waals surface area contributed by atoms with Gasteiger partial charge in [-0.3, -0.25) is 14.4 Å². The second kappa shape index (κ2) is 26.7. The van der Waals surface area contributed by atoms with Gasteiger partial charge in [0.15, 0.2) is 5.54 Å². The quantitative estimate of drug-likeness (QED) is 0.113. The molecule has 1 fully saturated rings. The molecule has 1 saturated heterocycles. The van der Waals surface area contributed by atoms with Crippen molar-refractivity contribution in [1.82, 2.24) is 5.32 Å². The molecule has 0 saturated carbocycles. The standard InChI is InChI=1S/C13H18N2O.C9H11N.C4H8ClNO.C4H9NO2.C3H5NO2.Cl5P.ClH/c1-4-5-10-6-8-11(9-7-10)15-12(16)13(2,3)14;1-2-3-8-4-6-9(10)7-5-8;1-4(2,6)3(5)7;1-4(2,5)3(6)7;5-3-4-1-2-6-3;1-6(2,3,4)5;/h4-9H,14H2,1-3H3,(H,15,16);2-7H,10H2,1H3;6H2,1-2H3;5H2,1-2H3,(H,6,7);1-2H2,(H,4,5);;1H/b5-4+;3-2+;;;;;. The zero-order valence-corrected chi connectivity index (χ0v) is 37.0. The van der Waals surface area contributed by atoms with Crippen molar-refractivity contribution in [2.45, 2.75) is 72.0 Å². The van der Waals surface area contributed by atoms with Crippen LogP contribution < -0.4 is 46.0 Å². The van der Waals surface area contributed by atoms with Crippen molar-refractivity contribution < 1.29 is 47.2 Å². The summed E-state index contributed by atoms with van der Waals surface area (Å²) in [7, 11) is 0. The van der Waals surface area contributed by atoms with Crippen LogP contribution in [0.4, 0.5) is 16.2 Å². The van der Waals surface area contributed by atoms with Gasteiger partial charge in [0, 0.05) is 11.4 Å². The molecule has 1 heterocycles. The Morgan fingerprint density at radius 3 is 1.40 bits per heavy atom. The topological polar surface area (TPSA) is 227 Å². The Balaban J connectivity index is -0.000000284. The molecule has 2 aromatic rings. The molecule has 3 rings (SSSR count). The van der Waals surface area contributed by atoms with Gasteiger partial charge in [-0.2, -0.15) is 0 Å². The minimum Gasteiger partial charge on any atom is -1.00 e. The summed E-state index contributed by atoms with van der Waals surface area (Å²) in [5.41, 5.74) is 21.1. The monoisotopic (exact) mass is 904 g/mol. The smallest absolute Gasteiger partial charge is 0.407 e. The number of nitrogens with two attached hydrogens (primary N) is 3. The van der Waals surface area contributed by atoms with Gasteiger partial charge in [-0.05, 0) is 102 Å². The summed E-state index contributed by atoms with van der Waals surface area (Å²) in [6.45, 7) is 14.7. The molecule has 0 radical (unpaired) electrons. The molecule has 0 aromatic heterocycles. The Labute approximate surface area is 347 Å².